The number of anilines is 1. The number of ether oxygens (including phenoxy) is 1. The fourth-order valence-electron chi connectivity index (χ4n) is 2.09. The number of hydrogen-bond acceptors (Lipinski definition) is 7. The molecule has 2 aromatic heterocycles. The first-order chi connectivity index (χ1) is 11.0. The molecule has 0 aromatic carbocycles. The average molecular weight is 372 g/mol. The number of thiazole rings is 2. The van der Waals surface area contributed by atoms with Gasteiger partial charge in [-0.05, 0) is 26.7 Å². The van der Waals surface area contributed by atoms with Gasteiger partial charge in [-0.3, -0.25) is 9.69 Å². The molecule has 9 heteroatoms. The zero-order valence-corrected chi connectivity index (χ0v) is 14.9. The SMILES string of the molecule is CCOC(=O)c1sc(N(C(=O)c2csc(Cl)n2)C2CC2)nc1C. The number of carbonyl (C=O) groups excluding carboxylic acids is 2. The highest BCUT2D eigenvalue weighted by atomic mass is 35.5. The number of esters is 1. The molecule has 1 aliphatic carbocycles. The minimum Gasteiger partial charge on any atom is -0.462 e. The van der Waals surface area contributed by atoms with Crippen molar-refractivity contribution in [1.29, 1.82) is 0 Å². The fraction of sp³-hybridized carbons (Fsp3) is 0.429. The Morgan fingerprint density at radius 1 is 1.43 bits per heavy atom. The van der Waals surface area contributed by atoms with Crippen molar-refractivity contribution in [1.82, 2.24) is 9.97 Å². The van der Waals surface area contributed by atoms with Gasteiger partial charge in [-0.15, -0.1) is 11.3 Å². The van der Waals surface area contributed by atoms with Gasteiger partial charge in [-0.25, -0.2) is 14.8 Å². The molecule has 1 aliphatic rings. The third-order valence-electron chi connectivity index (χ3n) is 3.28. The second-order valence-electron chi connectivity index (χ2n) is 5.02. The number of amides is 1. The highest BCUT2D eigenvalue weighted by Crippen LogP contribution is 2.37. The summed E-state index contributed by atoms with van der Waals surface area (Å²) in [6.45, 7) is 3.79. The topological polar surface area (TPSA) is 72.4 Å². The molecule has 2 heterocycles. The largest absolute Gasteiger partial charge is 0.462 e. The Morgan fingerprint density at radius 3 is 2.74 bits per heavy atom. The highest BCUT2D eigenvalue weighted by molar-refractivity contribution is 7.17. The molecule has 0 bridgehead atoms. The quantitative estimate of drug-likeness (QED) is 0.751. The molecule has 1 fully saturated rings. The molecule has 0 saturated heterocycles. The minimum atomic E-state index is -0.409. The molecule has 122 valence electrons. The van der Waals surface area contributed by atoms with Crippen LogP contribution in [-0.2, 0) is 4.74 Å². The third kappa shape index (κ3) is 3.39. The van der Waals surface area contributed by atoms with Crippen LogP contribution in [0.5, 0.6) is 0 Å². The van der Waals surface area contributed by atoms with E-state index in [1.807, 2.05) is 0 Å². The summed E-state index contributed by atoms with van der Waals surface area (Å²) in [5, 5.41) is 2.13. The molecule has 0 radical (unpaired) electrons. The summed E-state index contributed by atoms with van der Waals surface area (Å²) < 4.78 is 5.35. The van der Waals surface area contributed by atoms with E-state index in [2.05, 4.69) is 9.97 Å². The molecule has 0 aliphatic heterocycles. The number of rotatable bonds is 5. The van der Waals surface area contributed by atoms with E-state index in [0.717, 1.165) is 12.8 Å². The monoisotopic (exact) mass is 371 g/mol. The van der Waals surface area contributed by atoms with Gasteiger partial charge in [-0.1, -0.05) is 22.9 Å². The zero-order chi connectivity index (χ0) is 16.6. The molecule has 6 nitrogen and oxygen atoms in total. The molecule has 1 saturated carbocycles. The lowest BCUT2D eigenvalue weighted by molar-refractivity contribution is 0.0531. The van der Waals surface area contributed by atoms with Crippen LogP contribution >= 0.6 is 34.3 Å². The Bertz CT molecular complexity index is 754. The van der Waals surface area contributed by atoms with Crippen LogP contribution < -0.4 is 4.90 Å². The van der Waals surface area contributed by atoms with Gasteiger partial charge in [0.1, 0.15) is 10.6 Å². The Kier molecular flexibility index (Phi) is 4.65. The van der Waals surface area contributed by atoms with E-state index in [0.29, 0.717) is 32.5 Å². The van der Waals surface area contributed by atoms with E-state index in [9.17, 15) is 9.59 Å². The smallest absolute Gasteiger partial charge is 0.350 e. The van der Waals surface area contributed by atoms with Gasteiger partial charge in [0.2, 0.25) is 0 Å². The van der Waals surface area contributed by atoms with Crippen molar-refractivity contribution in [2.24, 2.45) is 0 Å². The van der Waals surface area contributed by atoms with Crippen LogP contribution in [0, 0.1) is 6.92 Å². The van der Waals surface area contributed by atoms with Crippen LogP contribution in [0.25, 0.3) is 0 Å². The number of hydrogen-bond donors (Lipinski definition) is 0. The lowest BCUT2D eigenvalue weighted by atomic mass is 10.4. The normalized spacial score (nSPS) is 13.9. The Labute approximate surface area is 146 Å². The van der Waals surface area contributed by atoms with Crippen LogP contribution in [0.4, 0.5) is 5.13 Å². The maximum Gasteiger partial charge on any atom is 0.350 e. The number of halogens is 1. The van der Waals surface area contributed by atoms with Gasteiger partial charge in [-0.2, -0.15) is 0 Å². The molecular formula is C14H14ClN3O3S2. The Morgan fingerprint density at radius 2 is 2.17 bits per heavy atom. The van der Waals surface area contributed by atoms with Crippen LogP contribution in [0.2, 0.25) is 4.47 Å². The molecule has 0 spiro atoms. The Balaban J connectivity index is 1.92. The zero-order valence-electron chi connectivity index (χ0n) is 12.5. The van der Waals surface area contributed by atoms with Crippen LogP contribution in [-0.4, -0.2) is 34.5 Å². The first kappa shape index (κ1) is 16.4. The number of carbonyl (C=O) groups is 2. The molecule has 0 N–H and O–H groups in total. The van der Waals surface area contributed by atoms with Crippen LogP contribution in [0.3, 0.4) is 0 Å². The van der Waals surface area contributed by atoms with E-state index in [4.69, 9.17) is 16.3 Å². The number of aryl methyl sites for hydroxylation is 1. The predicted octanol–water partition coefficient (Wildman–Crippen LogP) is 3.55. The molecule has 0 unspecified atom stereocenters. The third-order valence-corrected chi connectivity index (χ3v) is 5.39. The summed E-state index contributed by atoms with van der Waals surface area (Å²) in [7, 11) is 0. The van der Waals surface area contributed by atoms with Crippen LogP contribution in [0.15, 0.2) is 5.38 Å². The molecule has 3 rings (SSSR count). The first-order valence-corrected chi connectivity index (χ1v) is 9.17. The van der Waals surface area contributed by atoms with Gasteiger partial charge < -0.3 is 4.74 Å². The lowest BCUT2D eigenvalue weighted by Gasteiger charge is -2.17. The summed E-state index contributed by atoms with van der Waals surface area (Å²) >= 11 is 8.21. The predicted molar refractivity (Wildman–Crippen MR) is 89.8 cm³/mol. The van der Waals surface area contributed by atoms with Gasteiger partial charge in [0, 0.05) is 11.4 Å². The van der Waals surface area contributed by atoms with E-state index in [-0.39, 0.29) is 11.9 Å². The minimum absolute atomic E-state index is 0.101. The summed E-state index contributed by atoms with van der Waals surface area (Å²) in [5.74, 6) is -0.645. The second-order valence-corrected chi connectivity index (χ2v) is 7.44. The summed E-state index contributed by atoms with van der Waals surface area (Å²) in [6, 6.07) is 0.101. The second kappa shape index (κ2) is 6.54. The maximum absolute atomic E-state index is 12.7. The standard InChI is InChI=1S/C14H14ClN3O3S2/c1-3-21-12(20)10-7(2)16-14(23-10)18(8-4-5-8)11(19)9-6-22-13(15)17-9/h6,8H,3-5H2,1-2H3. The van der Waals surface area contributed by atoms with E-state index < -0.39 is 5.97 Å². The average Bonchev–Trinajstić information content (AvgIpc) is 3.12. The molecule has 1 amide bonds. The number of nitrogens with zero attached hydrogens (tertiary/aromatic N) is 3. The maximum atomic E-state index is 12.7. The van der Waals surface area contributed by atoms with E-state index >= 15 is 0 Å². The van der Waals surface area contributed by atoms with Crippen molar-refractivity contribution in [3.05, 3.63) is 26.1 Å². The Hall–Kier alpha value is -1.51. The van der Waals surface area contributed by atoms with E-state index in [1.165, 1.54) is 22.7 Å². The molecular weight excluding hydrogens is 358 g/mol. The first-order valence-electron chi connectivity index (χ1n) is 7.10. The van der Waals surface area contributed by atoms with Gasteiger partial charge in [0.25, 0.3) is 5.91 Å². The van der Waals surface area contributed by atoms with Crippen molar-refractivity contribution < 1.29 is 14.3 Å². The summed E-state index contributed by atoms with van der Waals surface area (Å²) in [6.07, 6.45) is 1.83. The van der Waals surface area contributed by atoms with Crippen molar-refractivity contribution in [3.8, 4) is 0 Å². The molecule has 23 heavy (non-hydrogen) atoms. The fourth-order valence-corrected chi connectivity index (χ4v) is 3.86. The summed E-state index contributed by atoms with van der Waals surface area (Å²) in [4.78, 5) is 35.1. The van der Waals surface area contributed by atoms with Crippen molar-refractivity contribution in [2.45, 2.75) is 32.7 Å². The van der Waals surface area contributed by atoms with Gasteiger partial charge in [0.05, 0.1) is 12.3 Å². The summed E-state index contributed by atoms with van der Waals surface area (Å²) in [5.41, 5.74) is 0.871. The van der Waals surface area contributed by atoms with Crippen molar-refractivity contribution in [2.75, 3.05) is 11.5 Å². The van der Waals surface area contributed by atoms with E-state index in [1.54, 1.807) is 24.1 Å². The van der Waals surface area contributed by atoms with Crippen molar-refractivity contribution >= 4 is 51.3 Å². The van der Waals surface area contributed by atoms with Crippen LogP contribution in [0.1, 0.15) is 45.6 Å². The molecule has 0 atom stereocenters. The highest BCUT2D eigenvalue weighted by Gasteiger charge is 2.37. The van der Waals surface area contributed by atoms with Crippen molar-refractivity contribution in [3.63, 3.8) is 0 Å². The lowest BCUT2D eigenvalue weighted by Crippen LogP contribution is -2.33. The van der Waals surface area contributed by atoms with Gasteiger partial charge >= 0.3 is 5.97 Å². The molecule has 2 aromatic rings. The van der Waals surface area contributed by atoms with Gasteiger partial charge in [0.15, 0.2) is 9.60 Å². The number of aromatic nitrogens is 2.